The van der Waals surface area contributed by atoms with E-state index >= 15 is 0 Å². The van der Waals surface area contributed by atoms with Crippen molar-refractivity contribution in [2.45, 2.75) is 154 Å². The number of anilines is 6. The lowest BCUT2D eigenvalue weighted by molar-refractivity contribution is -0.118. The van der Waals surface area contributed by atoms with Gasteiger partial charge in [-0.2, -0.15) is 0 Å². The predicted molar refractivity (Wildman–Crippen MR) is 451 cm³/mol. The number of carbonyl (C=O) groups is 3. The molecular formula is C87H93Cl3N6O17S3. The van der Waals surface area contributed by atoms with Crippen molar-refractivity contribution in [2.24, 2.45) is 0 Å². The molecule has 612 valence electrons. The Morgan fingerprint density at radius 3 is 1.04 bits per heavy atom. The quantitative estimate of drug-likeness (QED) is 0.0454. The minimum Gasteiger partial charge on any atom is -0.495 e. The molecule has 0 spiro atoms. The first kappa shape index (κ1) is 83.8. The van der Waals surface area contributed by atoms with Gasteiger partial charge in [-0.05, 0) is 240 Å². The number of halogens is 3. The van der Waals surface area contributed by atoms with E-state index in [1.165, 1.54) is 89.1 Å². The molecule has 15 rings (SSSR count). The fourth-order valence-corrected chi connectivity index (χ4v) is 20.0. The molecule has 3 heterocycles. The highest BCUT2D eigenvalue weighted by atomic mass is 35.5. The summed E-state index contributed by atoms with van der Waals surface area (Å²) in [5, 5.41) is 0.801. The smallest absolute Gasteiger partial charge is 0.265 e. The van der Waals surface area contributed by atoms with Crippen molar-refractivity contribution < 1.29 is 77.5 Å². The van der Waals surface area contributed by atoms with Crippen LogP contribution in [0.25, 0.3) is 0 Å². The number of aryl methyl sites for hydroxylation is 1. The number of rotatable bonds is 26. The summed E-state index contributed by atoms with van der Waals surface area (Å²) in [6.07, 6.45) is 14.9. The normalized spacial score (nSPS) is 18.0. The monoisotopic (exact) mass is 1690 g/mol. The summed E-state index contributed by atoms with van der Waals surface area (Å²) in [5.41, 5.74) is 6.70. The summed E-state index contributed by atoms with van der Waals surface area (Å²) in [6.45, 7) is 3.24. The number of sulfonamides is 3. The molecule has 3 N–H and O–H groups in total. The molecule has 9 aromatic carbocycles. The number of nitrogens with one attached hydrogen (secondary N) is 3. The number of carbonyl (C=O) groups excluding carboxylic acids is 3. The van der Waals surface area contributed by atoms with Gasteiger partial charge in [0.2, 0.25) is 17.7 Å². The molecule has 3 saturated heterocycles. The van der Waals surface area contributed by atoms with E-state index < -0.39 is 30.1 Å². The van der Waals surface area contributed by atoms with E-state index in [0.29, 0.717) is 107 Å². The van der Waals surface area contributed by atoms with Gasteiger partial charge in [0.15, 0.2) is 34.5 Å². The van der Waals surface area contributed by atoms with Crippen LogP contribution in [0.5, 0.6) is 46.0 Å². The molecule has 23 nitrogen and oxygen atoms in total. The average Bonchev–Trinajstić information content (AvgIpc) is 1.50. The Hall–Kier alpha value is -10.1. The Bertz CT molecular complexity index is 5430. The number of nitrogens with zero attached hydrogens (tertiary/aromatic N) is 3. The third-order valence-electron chi connectivity index (χ3n) is 21.5. The molecule has 3 aliphatic heterocycles. The lowest BCUT2D eigenvalue weighted by Gasteiger charge is -2.20. The van der Waals surface area contributed by atoms with E-state index in [0.717, 1.165) is 66.5 Å². The second kappa shape index (κ2) is 37.0. The van der Waals surface area contributed by atoms with Gasteiger partial charge >= 0.3 is 0 Å². The summed E-state index contributed by atoms with van der Waals surface area (Å²) >= 11 is 18.0. The van der Waals surface area contributed by atoms with Crippen molar-refractivity contribution in [1.29, 1.82) is 0 Å². The van der Waals surface area contributed by atoms with Crippen LogP contribution in [-0.4, -0.2) is 116 Å². The zero-order valence-electron chi connectivity index (χ0n) is 65.2. The Morgan fingerprint density at radius 2 is 0.681 bits per heavy atom. The van der Waals surface area contributed by atoms with Crippen molar-refractivity contribution in [3.63, 3.8) is 0 Å². The molecule has 29 heteroatoms. The summed E-state index contributed by atoms with van der Waals surface area (Å²) in [5.74, 6) is 4.42. The lowest BCUT2D eigenvalue weighted by atomic mass is 9.98. The van der Waals surface area contributed by atoms with E-state index in [2.05, 4.69) is 14.2 Å². The highest BCUT2D eigenvalue weighted by molar-refractivity contribution is 7.93. The van der Waals surface area contributed by atoms with Crippen LogP contribution in [0, 0.1) is 6.92 Å². The van der Waals surface area contributed by atoms with Crippen LogP contribution in [0.3, 0.4) is 0 Å². The van der Waals surface area contributed by atoms with Crippen molar-refractivity contribution in [1.82, 2.24) is 0 Å². The number of benzene rings is 9. The second-order valence-corrected chi connectivity index (χ2v) is 35.8. The van der Waals surface area contributed by atoms with Crippen LogP contribution in [0.4, 0.5) is 34.1 Å². The fraction of sp³-hybridized carbons (Fsp3) is 0.345. The second-order valence-electron chi connectivity index (χ2n) is 29.5. The molecule has 116 heavy (non-hydrogen) atoms. The fourth-order valence-electron chi connectivity index (χ4n) is 15.6. The molecule has 3 saturated carbocycles. The topological polar surface area (TPSA) is 273 Å². The molecule has 3 atom stereocenters. The minimum absolute atomic E-state index is 0.0190. The molecule has 0 radical (unpaired) electrons. The van der Waals surface area contributed by atoms with Crippen LogP contribution in [0.15, 0.2) is 197 Å². The predicted octanol–water partition coefficient (Wildman–Crippen LogP) is 18.3. The van der Waals surface area contributed by atoms with E-state index in [1.54, 1.807) is 121 Å². The molecule has 3 unspecified atom stereocenters. The molecule has 6 fully saturated rings. The van der Waals surface area contributed by atoms with Crippen molar-refractivity contribution in [2.75, 3.05) is 84.0 Å². The largest absolute Gasteiger partial charge is 0.495 e. The Kier molecular flexibility index (Phi) is 26.8. The van der Waals surface area contributed by atoms with Crippen LogP contribution in [0.1, 0.15) is 136 Å². The van der Waals surface area contributed by atoms with E-state index in [4.69, 9.17) is 72.7 Å². The minimum atomic E-state index is -3.96. The highest BCUT2D eigenvalue weighted by Gasteiger charge is 2.37. The number of amides is 3. The molecule has 6 aliphatic rings. The summed E-state index contributed by atoms with van der Waals surface area (Å²) in [6, 6.07) is 51.5. The van der Waals surface area contributed by atoms with Crippen LogP contribution >= 0.6 is 34.8 Å². The lowest BCUT2D eigenvalue weighted by Crippen LogP contribution is -2.24. The van der Waals surface area contributed by atoms with Gasteiger partial charge < -0.3 is 52.6 Å². The Labute approximate surface area is 692 Å². The molecule has 3 amide bonds. The van der Waals surface area contributed by atoms with Gasteiger partial charge in [-0.3, -0.25) is 28.5 Å². The van der Waals surface area contributed by atoms with Crippen molar-refractivity contribution >= 4 is 117 Å². The zero-order valence-corrected chi connectivity index (χ0v) is 69.9. The van der Waals surface area contributed by atoms with Crippen LogP contribution < -0.4 is 66.8 Å². The van der Waals surface area contributed by atoms with Crippen molar-refractivity contribution in [3.8, 4) is 46.0 Å². The van der Waals surface area contributed by atoms with Crippen molar-refractivity contribution in [3.05, 3.63) is 219 Å². The van der Waals surface area contributed by atoms with Gasteiger partial charge in [0.1, 0.15) is 21.3 Å². The first-order valence-corrected chi connectivity index (χ1v) is 44.1. The third-order valence-corrected chi connectivity index (χ3v) is 26.4. The van der Waals surface area contributed by atoms with Gasteiger partial charge in [-0.25, -0.2) is 25.3 Å². The first-order chi connectivity index (χ1) is 55.7. The number of hydrogen-bond acceptors (Lipinski definition) is 17. The van der Waals surface area contributed by atoms with E-state index in [9.17, 15) is 39.6 Å². The maximum absolute atomic E-state index is 13.2. The standard InChI is InChI=1S/C30H34N2O6S.C29H31ClN2O6S.C28H28Cl2N2O5S/c1-20-11-13-27(37-3)29(15-20)39(34,35)31-23-7-6-8-24(18-23)32-19-22(17-30(32)33)21-12-14-26(36-2)28(16-21)38-25-9-4-5-10-25;1-36-25-12-10-19(14-26(25)38-24-8-3-4-9-24)20-15-29(33)32(18-20)23-7-5-6-22(17-23)31-39(34,35)28-13-11-21(30)16-27(28)37-2;1-36-26-10-9-18(11-27(26)37-24-7-2-3-8-24)19-12-28(33)32(17-19)23-6-4-5-22(16-23)31-38(34,35)25-14-20(29)13-21(30)15-25/h6-8,11-16,18,22,25,31H,4-5,9-10,17,19H2,1-3H3;5-7,10-14,16-17,20,24,31H,3-4,8-9,15,18H2,1-2H3;4-6,9-11,13-16,19,24,31H,2-3,7-8,12,17H2,1H3. The maximum atomic E-state index is 13.2. The van der Waals surface area contributed by atoms with Gasteiger partial charge in [0.25, 0.3) is 30.1 Å². The SMILES string of the molecule is COc1ccc(C2CC(=O)N(c3cccc(NS(=O)(=O)c4cc(C)ccc4OC)c3)C2)cc1OC1CCCC1.COc1ccc(C2CC(=O)N(c3cccc(NS(=O)(=O)c4cc(Cl)cc(Cl)c4)c3)C2)cc1OC1CCCC1.COc1ccc(C2CC(=O)N(c3cccc(NS(=O)(=O)c4ccc(Cl)cc4OC)c3)C2)cc1OC1CCCC1. The Morgan fingerprint density at radius 1 is 0.336 bits per heavy atom. The first-order valence-electron chi connectivity index (χ1n) is 38.5. The molecule has 9 aromatic rings. The van der Waals surface area contributed by atoms with Gasteiger partial charge in [-0.1, -0.05) is 77.3 Å². The number of hydrogen-bond donors (Lipinski definition) is 3. The highest BCUT2D eigenvalue weighted by Crippen LogP contribution is 2.44. The van der Waals surface area contributed by atoms with Crippen LogP contribution in [0.2, 0.25) is 15.1 Å². The van der Waals surface area contributed by atoms with Gasteiger partial charge in [0, 0.05) is 94.8 Å². The summed E-state index contributed by atoms with van der Waals surface area (Å²) in [4.78, 5) is 44.3. The molecular weight excluding hydrogens is 1600 g/mol. The average molecular weight is 1700 g/mol. The number of ether oxygens (including phenoxy) is 8. The van der Waals surface area contributed by atoms with Crippen LogP contribution in [-0.2, 0) is 44.5 Å². The number of methoxy groups -OCH3 is 5. The Balaban J connectivity index is 0.000000151. The molecule has 3 aliphatic carbocycles. The maximum Gasteiger partial charge on any atom is 0.265 e. The van der Waals surface area contributed by atoms with E-state index in [-0.39, 0.29) is 90.0 Å². The van der Waals surface area contributed by atoms with Gasteiger partial charge in [-0.15, -0.1) is 0 Å². The zero-order chi connectivity index (χ0) is 82.0. The molecule has 0 bridgehead atoms. The summed E-state index contributed by atoms with van der Waals surface area (Å²) in [7, 11) is -4.11. The summed E-state index contributed by atoms with van der Waals surface area (Å²) < 4.78 is 132. The third kappa shape index (κ3) is 20.3. The molecule has 0 aromatic heterocycles. The van der Waals surface area contributed by atoms with E-state index in [1.807, 2.05) is 67.6 Å². The van der Waals surface area contributed by atoms with Gasteiger partial charge in [0.05, 0.1) is 75.8 Å².